The van der Waals surface area contributed by atoms with Gasteiger partial charge in [0.2, 0.25) is 5.91 Å². The third-order valence-electron chi connectivity index (χ3n) is 3.32. The van der Waals surface area contributed by atoms with Crippen molar-refractivity contribution < 1.29 is 14.7 Å². The molecule has 0 bridgehead atoms. The van der Waals surface area contributed by atoms with Crippen LogP contribution in [0.5, 0.6) is 0 Å². The molecule has 1 unspecified atom stereocenters. The zero-order valence-corrected chi connectivity index (χ0v) is 12.3. The molecular formula is C13H26N2O3. The van der Waals surface area contributed by atoms with Crippen LogP contribution >= 0.6 is 0 Å². The lowest BCUT2D eigenvalue weighted by Crippen LogP contribution is -2.54. The van der Waals surface area contributed by atoms with E-state index < -0.39 is 11.5 Å². The summed E-state index contributed by atoms with van der Waals surface area (Å²) < 4.78 is 0. The number of likely N-dealkylation sites (N-methyl/N-ethyl adjacent to an activating group) is 1. The Morgan fingerprint density at radius 2 is 1.67 bits per heavy atom. The minimum absolute atomic E-state index is 0.161. The summed E-state index contributed by atoms with van der Waals surface area (Å²) in [6.45, 7) is 11.1. The van der Waals surface area contributed by atoms with Crippen LogP contribution in [-0.2, 0) is 9.59 Å². The number of nitrogens with two attached hydrogens (primary N) is 1. The van der Waals surface area contributed by atoms with Crippen LogP contribution in [0.25, 0.3) is 0 Å². The minimum atomic E-state index is -1.20. The van der Waals surface area contributed by atoms with Crippen molar-refractivity contribution in [3.05, 3.63) is 0 Å². The van der Waals surface area contributed by atoms with E-state index >= 15 is 0 Å². The normalized spacial score (nSPS) is 14.2. The van der Waals surface area contributed by atoms with E-state index in [-0.39, 0.29) is 23.8 Å². The van der Waals surface area contributed by atoms with Gasteiger partial charge >= 0.3 is 5.97 Å². The van der Waals surface area contributed by atoms with E-state index in [1.165, 1.54) is 18.7 Å². The fraction of sp³-hybridized carbons (Fsp3) is 0.846. The first-order valence-corrected chi connectivity index (χ1v) is 6.24. The van der Waals surface area contributed by atoms with Crippen LogP contribution < -0.4 is 5.73 Å². The van der Waals surface area contributed by atoms with E-state index in [2.05, 4.69) is 0 Å². The Balaban J connectivity index is 4.90. The van der Waals surface area contributed by atoms with Crippen molar-refractivity contribution in [2.24, 2.45) is 11.1 Å². The second-order valence-corrected chi connectivity index (χ2v) is 6.18. The van der Waals surface area contributed by atoms with E-state index in [4.69, 9.17) is 10.8 Å². The largest absolute Gasteiger partial charge is 0.480 e. The molecule has 0 aliphatic rings. The Morgan fingerprint density at radius 1 is 1.22 bits per heavy atom. The number of carbonyl (C=O) groups excluding carboxylic acids is 1. The molecule has 5 nitrogen and oxygen atoms in total. The molecule has 0 heterocycles. The average molecular weight is 258 g/mol. The Kier molecular flexibility index (Phi) is 5.35. The number of amides is 1. The molecule has 0 aromatic carbocycles. The number of hydrogen-bond acceptors (Lipinski definition) is 3. The predicted octanol–water partition coefficient (Wildman–Crippen LogP) is 1.46. The van der Waals surface area contributed by atoms with Crippen LogP contribution in [0.4, 0.5) is 0 Å². The molecule has 0 radical (unpaired) electrons. The number of nitrogens with zero attached hydrogens (tertiary/aromatic N) is 1. The molecule has 0 saturated carbocycles. The summed E-state index contributed by atoms with van der Waals surface area (Å²) in [5, 5.41) is 9.16. The van der Waals surface area contributed by atoms with E-state index in [1.54, 1.807) is 6.92 Å². The maximum atomic E-state index is 12.2. The molecule has 0 aromatic heterocycles. The van der Waals surface area contributed by atoms with Crippen molar-refractivity contribution in [2.45, 2.75) is 59.5 Å². The number of aliphatic carboxylic acids is 1. The highest BCUT2D eigenvalue weighted by atomic mass is 16.4. The first kappa shape index (κ1) is 16.9. The first-order valence-electron chi connectivity index (χ1n) is 6.24. The summed E-state index contributed by atoms with van der Waals surface area (Å²) in [5.41, 5.74) is 4.59. The average Bonchev–Trinajstić information content (AvgIpc) is 2.16. The van der Waals surface area contributed by atoms with Crippen molar-refractivity contribution in [3.63, 3.8) is 0 Å². The van der Waals surface area contributed by atoms with Crippen LogP contribution in [0.1, 0.15) is 48.0 Å². The van der Waals surface area contributed by atoms with Gasteiger partial charge in [0, 0.05) is 19.0 Å². The molecule has 1 atom stereocenters. The summed E-state index contributed by atoms with van der Waals surface area (Å²) in [6.07, 6.45) is 0.161. The lowest BCUT2D eigenvalue weighted by atomic mass is 9.85. The lowest BCUT2D eigenvalue weighted by molar-refractivity contribution is -0.157. The number of carbonyl (C=O) groups is 2. The third-order valence-corrected chi connectivity index (χ3v) is 3.32. The van der Waals surface area contributed by atoms with E-state index in [0.29, 0.717) is 6.54 Å². The Hall–Kier alpha value is -1.10. The molecule has 1 amide bonds. The zero-order valence-electron chi connectivity index (χ0n) is 12.3. The predicted molar refractivity (Wildman–Crippen MR) is 71.1 cm³/mol. The van der Waals surface area contributed by atoms with Crippen molar-refractivity contribution >= 4 is 11.9 Å². The number of carboxylic acids is 1. The van der Waals surface area contributed by atoms with Gasteiger partial charge in [0.05, 0.1) is 0 Å². The molecule has 5 heteroatoms. The van der Waals surface area contributed by atoms with Crippen molar-refractivity contribution in [3.8, 4) is 0 Å². The van der Waals surface area contributed by atoms with Gasteiger partial charge in [-0.05, 0) is 26.2 Å². The highest BCUT2D eigenvalue weighted by Gasteiger charge is 2.38. The van der Waals surface area contributed by atoms with Crippen LogP contribution in [0.15, 0.2) is 0 Å². The van der Waals surface area contributed by atoms with Gasteiger partial charge < -0.3 is 15.7 Å². The van der Waals surface area contributed by atoms with Crippen LogP contribution in [0, 0.1) is 5.41 Å². The number of carboxylic acid groups (broad SMARTS) is 1. The summed E-state index contributed by atoms with van der Waals surface area (Å²) in [4.78, 5) is 24.7. The second-order valence-electron chi connectivity index (χ2n) is 6.18. The van der Waals surface area contributed by atoms with Crippen molar-refractivity contribution in [2.75, 3.05) is 6.54 Å². The Bertz CT molecular complexity index is 319. The second kappa shape index (κ2) is 5.69. The van der Waals surface area contributed by atoms with Crippen LogP contribution in [0.2, 0.25) is 0 Å². The highest BCUT2D eigenvalue weighted by molar-refractivity contribution is 5.86. The fourth-order valence-electron chi connectivity index (χ4n) is 1.60. The third kappa shape index (κ3) is 3.98. The molecule has 18 heavy (non-hydrogen) atoms. The molecule has 106 valence electrons. The fourth-order valence-corrected chi connectivity index (χ4v) is 1.60. The summed E-state index contributed by atoms with van der Waals surface area (Å²) in [7, 11) is 0. The van der Waals surface area contributed by atoms with Gasteiger partial charge in [-0.1, -0.05) is 20.8 Å². The van der Waals surface area contributed by atoms with Gasteiger partial charge in [-0.3, -0.25) is 4.79 Å². The zero-order chi connectivity index (χ0) is 14.7. The SMILES string of the molecule is CCN(C(=O)CC(N)C(C)(C)C)C(C)(C)C(=O)O. The molecule has 0 saturated heterocycles. The van der Waals surface area contributed by atoms with E-state index in [0.717, 1.165) is 0 Å². The lowest BCUT2D eigenvalue weighted by Gasteiger charge is -2.36. The monoisotopic (exact) mass is 258 g/mol. The van der Waals surface area contributed by atoms with Gasteiger partial charge in [0.1, 0.15) is 5.54 Å². The molecular weight excluding hydrogens is 232 g/mol. The minimum Gasteiger partial charge on any atom is -0.480 e. The summed E-state index contributed by atoms with van der Waals surface area (Å²) >= 11 is 0. The standard InChI is InChI=1S/C13H26N2O3/c1-7-15(13(5,6)11(17)18)10(16)8-9(14)12(2,3)4/h9H,7-8,14H2,1-6H3,(H,17,18). The summed E-state index contributed by atoms with van der Waals surface area (Å²) in [6, 6.07) is -0.288. The Labute approximate surface area is 109 Å². The molecule has 0 fully saturated rings. The molecule has 0 aliphatic carbocycles. The van der Waals surface area contributed by atoms with Gasteiger partial charge in [-0.25, -0.2) is 4.79 Å². The topological polar surface area (TPSA) is 83.6 Å². The van der Waals surface area contributed by atoms with E-state index in [1.807, 2.05) is 20.8 Å². The van der Waals surface area contributed by atoms with Crippen LogP contribution in [0.3, 0.4) is 0 Å². The molecule has 0 spiro atoms. The van der Waals surface area contributed by atoms with Gasteiger partial charge in [0.15, 0.2) is 0 Å². The molecule has 0 rings (SSSR count). The quantitative estimate of drug-likeness (QED) is 0.782. The van der Waals surface area contributed by atoms with Gasteiger partial charge in [0.25, 0.3) is 0 Å². The highest BCUT2D eigenvalue weighted by Crippen LogP contribution is 2.22. The first-order chi connectivity index (χ1) is 7.94. The molecule has 0 aromatic rings. The Morgan fingerprint density at radius 3 is 1.94 bits per heavy atom. The maximum Gasteiger partial charge on any atom is 0.329 e. The maximum absolute atomic E-state index is 12.2. The number of rotatable bonds is 5. The molecule has 3 N–H and O–H groups in total. The van der Waals surface area contributed by atoms with Crippen molar-refractivity contribution in [1.82, 2.24) is 4.90 Å². The summed E-state index contributed by atoms with van der Waals surface area (Å²) in [5.74, 6) is -1.23. The smallest absolute Gasteiger partial charge is 0.329 e. The molecule has 0 aliphatic heterocycles. The van der Waals surface area contributed by atoms with Gasteiger partial charge in [-0.15, -0.1) is 0 Å². The van der Waals surface area contributed by atoms with Gasteiger partial charge in [-0.2, -0.15) is 0 Å². The van der Waals surface area contributed by atoms with Crippen molar-refractivity contribution in [1.29, 1.82) is 0 Å². The van der Waals surface area contributed by atoms with E-state index in [9.17, 15) is 9.59 Å². The van der Waals surface area contributed by atoms with Crippen LogP contribution in [-0.4, -0.2) is 40.0 Å². The number of hydrogen-bond donors (Lipinski definition) is 2.